The van der Waals surface area contributed by atoms with E-state index in [0.29, 0.717) is 26.1 Å². The van der Waals surface area contributed by atoms with Gasteiger partial charge in [-0.1, -0.05) is 26.3 Å². The van der Waals surface area contributed by atoms with Crippen LogP contribution in [0.2, 0.25) is 0 Å². The van der Waals surface area contributed by atoms with E-state index in [4.69, 9.17) is 0 Å². The van der Waals surface area contributed by atoms with Crippen LogP contribution < -0.4 is 5.32 Å². The van der Waals surface area contributed by atoms with Crippen LogP contribution in [0.1, 0.15) is 63.2 Å². The lowest BCUT2D eigenvalue weighted by Gasteiger charge is -2.32. The first-order chi connectivity index (χ1) is 13.8. The number of benzene rings is 1. The summed E-state index contributed by atoms with van der Waals surface area (Å²) in [5.41, 5.74) is 0.285. The molecule has 1 unspecified atom stereocenters. The van der Waals surface area contributed by atoms with Crippen LogP contribution in [0, 0.1) is 0 Å². The normalized spacial score (nSPS) is 17.7. The molecule has 0 radical (unpaired) electrons. The molecule has 1 aliphatic heterocycles. The van der Waals surface area contributed by atoms with Crippen molar-refractivity contribution in [3.8, 4) is 0 Å². The fourth-order valence-corrected chi connectivity index (χ4v) is 5.30. The van der Waals surface area contributed by atoms with Crippen molar-refractivity contribution in [1.29, 1.82) is 0 Å². The third kappa shape index (κ3) is 6.02. The molecule has 1 fully saturated rings. The number of rotatable bonds is 9. The predicted octanol–water partition coefficient (Wildman–Crippen LogP) is 2.63. The van der Waals surface area contributed by atoms with E-state index in [1.165, 1.54) is 21.3 Å². The summed E-state index contributed by atoms with van der Waals surface area (Å²) in [6, 6.07) is 6.12. The molecule has 0 saturated carbocycles. The van der Waals surface area contributed by atoms with Gasteiger partial charge in [0.15, 0.2) is 0 Å². The van der Waals surface area contributed by atoms with Gasteiger partial charge in [-0.25, -0.2) is 8.42 Å². The number of piperidine rings is 1. The van der Waals surface area contributed by atoms with Crippen LogP contribution in [0.25, 0.3) is 0 Å². The third-order valence-corrected chi connectivity index (χ3v) is 7.13. The van der Waals surface area contributed by atoms with E-state index >= 15 is 0 Å². The molecule has 1 N–H and O–H groups in total. The minimum Gasteiger partial charge on any atom is -0.355 e. The number of nitrogens with zero attached hydrogens (tertiary/aromatic N) is 2. The monoisotopic (exact) mass is 423 g/mol. The van der Waals surface area contributed by atoms with E-state index in [1.54, 1.807) is 12.1 Å². The maximum atomic E-state index is 13.1. The molecule has 1 atom stereocenters. The minimum absolute atomic E-state index is 0.0349. The summed E-state index contributed by atoms with van der Waals surface area (Å²) in [7, 11) is -3.66. The van der Waals surface area contributed by atoms with Crippen LogP contribution in [0.3, 0.4) is 0 Å². The summed E-state index contributed by atoms with van der Waals surface area (Å²) in [6.45, 7) is 7.28. The highest BCUT2D eigenvalue weighted by Crippen LogP contribution is 2.25. The Morgan fingerprint density at radius 1 is 1.21 bits per heavy atom. The summed E-state index contributed by atoms with van der Waals surface area (Å²) in [4.78, 5) is 26.7. The van der Waals surface area contributed by atoms with Crippen molar-refractivity contribution >= 4 is 21.8 Å². The van der Waals surface area contributed by atoms with Crippen LogP contribution in [0.4, 0.5) is 0 Å². The van der Waals surface area contributed by atoms with Gasteiger partial charge in [-0.05, 0) is 50.8 Å². The van der Waals surface area contributed by atoms with Crippen LogP contribution in [-0.4, -0.2) is 61.7 Å². The SMILES string of the molecule is CCCNC(=O)CN(CCC)C(=O)c1cccc(S(=O)(=O)N2CCCCC2C)c1. The summed E-state index contributed by atoms with van der Waals surface area (Å²) in [5, 5.41) is 2.78. The molecule has 2 amide bonds. The van der Waals surface area contributed by atoms with E-state index in [-0.39, 0.29) is 34.9 Å². The van der Waals surface area contributed by atoms with Crippen molar-refractivity contribution in [3.63, 3.8) is 0 Å². The molecule has 0 spiro atoms. The highest BCUT2D eigenvalue weighted by Gasteiger charge is 2.31. The lowest BCUT2D eigenvalue weighted by molar-refractivity contribution is -0.121. The molecule has 0 aromatic heterocycles. The average molecular weight is 424 g/mol. The molecule has 1 heterocycles. The molecule has 1 aromatic rings. The van der Waals surface area contributed by atoms with Gasteiger partial charge in [0.1, 0.15) is 0 Å². The van der Waals surface area contributed by atoms with Gasteiger partial charge in [0.2, 0.25) is 15.9 Å². The summed E-state index contributed by atoms with van der Waals surface area (Å²) >= 11 is 0. The number of carbonyl (C=O) groups excluding carboxylic acids is 2. The number of amides is 2. The number of hydrogen-bond acceptors (Lipinski definition) is 4. The minimum atomic E-state index is -3.66. The Balaban J connectivity index is 2.23. The molecule has 1 saturated heterocycles. The molecule has 162 valence electrons. The van der Waals surface area contributed by atoms with Crippen LogP contribution >= 0.6 is 0 Å². The number of carbonyl (C=O) groups is 2. The van der Waals surface area contributed by atoms with Gasteiger partial charge in [0.25, 0.3) is 5.91 Å². The second-order valence-electron chi connectivity index (χ2n) is 7.57. The van der Waals surface area contributed by atoms with E-state index in [2.05, 4.69) is 5.32 Å². The quantitative estimate of drug-likeness (QED) is 0.661. The number of nitrogens with one attached hydrogen (secondary N) is 1. The second kappa shape index (κ2) is 10.7. The summed E-state index contributed by atoms with van der Waals surface area (Å²) in [6.07, 6.45) is 4.24. The fourth-order valence-electron chi connectivity index (χ4n) is 3.55. The Bertz CT molecular complexity index is 810. The van der Waals surface area contributed by atoms with Crippen molar-refractivity contribution in [1.82, 2.24) is 14.5 Å². The zero-order chi connectivity index (χ0) is 21.4. The lowest BCUT2D eigenvalue weighted by Crippen LogP contribution is -2.42. The van der Waals surface area contributed by atoms with Gasteiger partial charge >= 0.3 is 0 Å². The van der Waals surface area contributed by atoms with Gasteiger partial charge in [-0.2, -0.15) is 4.31 Å². The van der Waals surface area contributed by atoms with E-state index in [0.717, 1.165) is 25.7 Å². The Labute approximate surface area is 174 Å². The first-order valence-corrected chi connectivity index (χ1v) is 11.9. The Hall–Kier alpha value is -1.93. The molecule has 0 aliphatic carbocycles. The van der Waals surface area contributed by atoms with Gasteiger partial charge in [0, 0.05) is 31.2 Å². The highest BCUT2D eigenvalue weighted by atomic mass is 32.2. The number of sulfonamides is 1. The first-order valence-electron chi connectivity index (χ1n) is 10.5. The van der Waals surface area contributed by atoms with Crippen molar-refractivity contribution in [2.45, 2.75) is 63.8 Å². The van der Waals surface area contributed by atoms with Gasteiger partial charge in [0.05, 0.1) is 11.4 Å². The molecule has 8 heteroatoms. The molecule has 7 nitrogen and oxygen atoms in total. The third-order valence-electron chi connectivity index (χ3n) is 5.12. The van der Waals surface area contributed by atoms with Gasteiger partial charge in [-0.3, -0.25) is 9.59 Å². The van der Waals surface area contributed by atoms with E-state index in [1.807, 2.05) is 20.8 Å². The van der Waals surface area contributed by atoms with Crippen molar-refractivity contribution in [2.24, 2.45) is 0 Å². The van der Waals surface area contributed by atoms with Crippen molar-refractivity contribution in [3.05, 3.63) is 29.8 Å². The maximum absolute atomic E-state index is 13.1. The average Bonchev–Trinajstić information content (AvgIpc) is 2.71. The van der Waals surface area contributed by atoms with Gasteiger partial charge < -0.3 is 10.2 Å². The smallest absolute Gasteiger partial charge is 0.254 e. The molecule has 1 aromatic carbocycles. The van der Waals surface area contributed by atoms with E-state index < -0.39 is 10.0 Å². The molecular weight excluding hydrogens is 390 g/mol. The zero-order valence-electron chi connectivity index (χ0n) is 17.7. The van der Waals surface area contributed by atoms with Crippen LogP contribution in [-0.2, 0) is 14.8 Å². The molecule has 0 bridgehead atoms. The zero-order valence-corrected chi connectivity index (χ0v) is 18.5. The topological polar surface area (TPSA) is 86.8 Å². The van der Waals surface area contributed by atoms with Crippen LogP contribution in [0.15, 0.2) is 29.2 Å². The molecule has 1 aliphatic rings. The Morgan fingerprint density at radius 2 is 1.97 bits per heavy atom. The maximum Gasteiger partial charge on any atom is 0.254 e. The summed E-state index contributed by atoms with van der Waals surface area (Å²) < 4.78 is 27.7. The molecule has 29 heavy (non-hydrogen) atoms. The number of hydrogen-bond donors (Lipinski definition) is 1. The lowest BCUT2D eigenvalue weighted by atomic mass is 10.1. The standard InChI is InChI=1S/C21H33N3O4S/c1-4-12-22-20(25)16-23(13-5-2)21(26)18-10-8-11-19(15-18)29(27,28)24-14-7-6-9-17(24)3/h8,10-11,15,17H,4-7,9,12-14,16H2,1-3H3,(H,22,25). The molecule has 2 rings (SSSR count). The Morgan fingerprint density at radius 3 is 2.62 bits per heavy atom. The fraction of sp³-hybridized carbons (Fsp3) is 0.619. The highest BCUT2D eigenvalue weighted by molar-refractivity contribution is 7.89. The largest absolute Gasteiger partial charge is 0.355 e. The predicted molar refractivity (Wildman–Crippen MR) is 113 cm³/mol. The van der Waals surface area contributed by atoms with E-state index in [9.17, 15) is 18.0 Å². The second-order valence-corrected chi connectivity index (χ2v) is 9.46. The first kappa shape index (κ1) is 23.3. The van der Waals surface area contributed by atoms with Crippen LogP contribution in [0.5, 0.6) is 0 Å². The van der Waals surface area contributed by atoms with Crippen molar-refractivity contribution < 1.29 is 18.0 Å². The summed E-state index contributed by atoms with van der Waals surface area (Å²) in [5.74, 6) is -0.540. The molecular formula is C21H33N3O4S. The van der Waals surface area contributed by atoms with Gasteiger partial charge in [-0.15, -0.1) is 0 Å². The Kier molecular flexibility index (Phi) is 8.64. The van der Waals surface area contributed by atoms with Crippen molar-refractivity contribution in [2.75, 3.05) is 26.2 Å².